The molecule has 0 aliphatic rings. The van der Waals surface area contributed by atoms with Gasteiger partial charge in [0.15, 0.2) is 0 Å². The minimum absolute atomic E-state index is 0. The van der Waals surface area contributed by atoms with E-state index in [4.69, 9.17) is 9.47 Å². The van der Waals surface area contributed by atoms with E-state index in [0.29, 0.717) is 37.6 Å². The molecule has 1 rings (SSSR count). The second-order valence-corrected chi connectivity index (χ2v) is 6.46. The lowest BCUT2D eigenvalue weighted by Crippen LogP contribution is -2.33. The van der Waals surface area contributed by atoms with E-state index in [1.165, 1.54) is 7.11 Å². The molecule has 128 valence electrons. The van der Waals surface area contributed by atoms with Crippen LogP contribution in [0.2, 0.25) is 0 Å². The van der Waals surface area contributed by atoms with E-state index >= 15 is 0 Å². The number of hydrogen-bond acceptors (Lipinski definition) is 5. The highest BCUT2D eigenvalue weighted by molar-refractivity contribution is 7.89. The Labute approximate surface area is 139 Å². The molecule has 0 aliphatic heterocycles. The Morgan fingerprint density at radius 2 is 1.77 bits per heavy atom. The van der Waals surface area contributed by atoms with Crippen molar-refractivity contribution in [1.82, 2.24) is 10.0 Å². The SMILES string of the molecule is COCCNCCNS(=O)(=O)c1c(C)cc(C)cc1OC.Cl. The quantitative estimate of drug-likeness (QED) is 0.654. The number of ether oxygens (including phenoxy) is 2. The van der Waals surface area contributed by atoms with E-state index < -0.39 is 10.0 Å². The Balaban J connectivity index is 0.00000441. The average molecular weight is 353 g/mol. The number of nitrogens with one attached hydrogen (secondary N) is 2. The molecule has 6 nitrogen and oxygen atoms in total. The van der Waals surface area contributed by atoms with E-state index in [-0.39, 0.29) is 17.3 Å². The third-order valence-electron chi connectivity index (χ3n) is 2.95. The second kappa shape index (κ2) is 10.0. The zero-order valence-corrected chi connectivity index (χ0v) is 15.1. The smallest absolute Gasteiger partial charge is 0.244 e. The van der Waals surface area contributed by atoms with Crippen LogP contribution in [-0.2, 0) is 14.8 Å². The van der Waals surface area contributed by atoms with Gasteiger partial charge in [-0.2, -0.15) is 0 Å². The Hall–Kier alpha value is -0.860. The van der Waals surface area contributed by atoms with Gasteiger partial charge >= 0.3 is 0 Å². The van der Waals surface area contributed by atoms with Gasteiger partial charge in [-0.15, -0.1) is 12.4 Å². The fourth-order valence-electron chi connectivity index (χ4n) is 2.06. The lowest BCUT2D eigenvalue weighted by atomic mass is 10.1. The van der Waals surface area contributed by atoms with Crippen molar-refractivity contribution in [3.8, 4) is 5.75 Å². The largest absolute Gasteiger partial charge is 0.495 e. The molecule has 0 atom stereocenters. The molecule has 0 aliphatic carbocycles. The topological polar surface area (TPSA) is 76.7 Å². The van der Waals surface area contributed by atoms with Crippen molar-refractivity contribution in [2.75, 3.05) is 40.5 Å². The highest BCUT2D eigenvalue weighted by Crippen LogP contribution is 2.28. The third-order valence-corrected chi connectivity index (χ3v) is 4.60. The van der Waals surface area contributed by atoms with Crippen LogP contribution in [0.15, 0.2) is 17.0 Å². The average Bonchev–Trinajstić information content (AvgIpc) is 2.41. The molecule has 0 unspecified atom stereocenters. The van der Waals surface area contributed by atoms with Gasteiger partial charge in [-0.05, 0) is 31.0 Å². The first-order valence-electron chi connectivity index (χ1n) is 6.77. The Morgan fingerprint density at radius 3 is 2.36 bits per heavy atom. The number of methoxy groups -OCH3 is 2. The first-order valence-corrected chi connectivity index (χ1v) is 8.25. The molecule has 2 N–H and O–H groups in total. The van der Waals surface area contributed by atoms with Gasteiger partial charge < -0.3 is 14.8 Å². The van der Waals surface area contributed by atoms with Crippen molar-refractivity contribution in [3.05, 3.63) is 23.3 Å². The van der Waals surface area contributed by atoms with Crippen LogP contribution in [0, 0.1) is 13.8 Å². The number of aryl methyl sites for hydroxylation is 2. The fourth-order valence-corrected chi connectivity index (χ4v) is 3.46. The Bertz CT molecular complexity index is 564. The number of rotatable bonds is 9. The van der Waals surface area contributed by atoms with Gasteiger partial charge in [0.2, 0.25) is 10.0 Å². The van der Waals surface area contributed by atoms with Crippen molar-refractivity contribution in [2.24, 2.45) is 0 Å². The predicted molar refractivity (Wildman–Crippen MR) is 89.7 cm³/mol. The number of benzene rings is 1. The maximum atomic E-state index is 12.4. The van der Waals surface area contributed by atoms with Gasteiger partial charge in [0.1, 0.15) is 10.6 Å². The van der Waals surface area contributed by atoms with Crippen molar-refractivity contribution in [3.63, 3.8) is 0 Å². The summed E-state index contributed by atoms with van der Waals surface area (Å²) in [6.45, 7) is 5.79. The second-order valence-electron chi connectivity index (χ2n) is 4.75. The molecule has 0 amide bonds. The summed E-state index contributed by atoms with van der Waals surface area (Å²) in [5, 5.41) is 3.08. The highest BCUT2D eigenvalue weighted by atomic mass is 35.5. The summed E-state index contributed by atoms with van der Waals surface area (Å²) >= 11 is 0. The van der Waals surface area contributed by atoms with Crippen molar-refractivity contribution >= 4 is 22.4 Å². The van der Waals surface area contributed by atoms with Crippen LogP contribution in [0.25, 0.3) is 0 Å². The minimum Gasteiger partial charge on any atom is -0.495 e. The van der Waals surface area contributed by atoms with Gasteiger partial charge in [0.25, 0.3) is 0 Å². The zero-order valence-electron chi connectivity index (χ0n) is 13.4. The number of sulfonamides is 1. The van der Waals surface area contributed by atoms with Gasteiger partial charge in [-0.1, -0.05) is 6.07 Å². The number of halogens is 1. The van der Waals surface area contributed by atoms with Gasteiger partial charge in [0.05, 0.1) is 13.7 Å². The monoisotopic (exact) mass is 352 g/mol. The van der Waals surface area contributed by atoms with Gasteiger partial charge in [-0.25, -0.2) is 13.1 Å². The molecule has 0 bridgehead atoms. The molecule has 0 heterocycles. The molecule has 0 spiro atoms. The van der Waals surface area contributed by atoms with Crippen LogP contribution in [-0.4, -0.2) is 48.9 Å². The Morgan fingerprint density at radius 1 is 1.09 bits per heavy atom. The van der Waals surface area contributed by atoms with E-state index in [2.05, 4.69) is 10.0 Å². The fraction of sp³-hybridized carbons (Fsp3) is 0.571. The standard InChI is InChI=1S/C14H24N2O4S.ClH/c1-11-9-12(2)14(13(10-11)20-4)21(17,18)16-6-5-15-7-8-19-3;/h9-10,15-16H,5-8H2,1-4H3;1H. The van der Waals surface area contributed by atoms with Gasteiger partial charge in [-0.3, -0.25) is 0 Å². The summed E-state index contributed by atoms with van der Waals surface area (Å²) < 4.78 is 37.5. The van der Waals surface area contributed by atoms with Gasteiger partial charge in [0, 0.05) is 26.7 Å². The van der Waals surface area contributed by atoms with E-state index in [0.717, 1.165) is 5.56 Å². The summed E-state index contributed by atoms with van der Waals surface area (Å²) in [7, 11) is -0.496. The lowest BCUT2D eigenvalue weighted by Gasteiger charge is -2.14. The molecule has 1 aromatic carbocycles. The molecule has 8 heteroatoms. The Kier molecular flexibility index (Phi) is 9.63. The zero-order chi connectivity index (χ0) is 15.9. The third kappa shape index (κ3) is 6.10. The summed E-state index contributed by atoms with van der Waals surface area (Å²) in [6, 6.07) is 3.55. The molecule has 1 aromatic rings. The van der Waals surface area contributed by atoms with Crippen LogP contribution in [0.5, 0.6) is 5.75 Å². The first kappa shape index (κ1) is 21.1. The highest BCUT2D eigenvalue weighted by Gasteiger charge is 2.21. The first-order chi connectivity index (χ1) is 9.92. The van der Waals surface area contributed by atoms with Crippen molar-refractivity contribution < 1.29 is 17.9 Å². The van der Waals surface area contributed by atoms with Crippen LogP contribution >= 0.6 is 12.4 Å². The van der Waals surface area contributed by atoms with Crippen LogP contribution < -0.4 is 14.8 Å². The summed E-state index contributed by atoms with van der Waals surface area (Å²) in [4.78, 5) is 0.201. The molecular weight excluding hydrogens is 328 g/mol. The predicted octanol–water partition coefficient (Wildman–Crippen LogP) is 1.25. The summed E-state index contributed by atoms with van der Waals surface area (Å²) in [6.07, 6.45) is 0. The molecule has 0 radical (unpaired) electrons. The minimum atomic E-state index is -3.59. The molecule has 22 heavy (non-hydrogen) atoms. The maximum Gasteiger partial charge on any atom is 0.244 e. The van der Waals surface area contributed by atoms with E-state index in [9.17, 15) is 8.42 Å². The molecule has 0 saturated heterocycles. The van der Waals surface area contributed by atoms with Crippen molar-refractivity contribution in [2.45, 2.75) is 18.7 Å². The maximum absolute atomic E-state index is 12.4. The summed E-state index contributed by atoms with van der Waals surface area (Å²) in [5.74, 6) is 0.368. The number of hydrogen-bond donors (Lipinski definition) is 2. The molecule has 0 aromatic heterocycles. The summed E-state index contributed by atoms with van der Waals surface area (Å²) in [5.41, 5.74) is 1.64. The van der Waals surface area contributed by atoms with Crippen LogP contribution in [0.1, 0.15) is 11.1 Å². The van der Waals surface area contributed by atoms with Crippen LogP contribution in [0.3, 0.4) is 0 Å². The van der Waals surface area contributed by atoms with Crippen molar-refractivity contribution in [1.29, 1.82) is 0 Å². The normalized spacial score (nSPS) is 11.1. The van der Waals surface area contributed by atoms with Crippen LogP contribution in [0.4, 0.5) is 0 Å². The van der Waals surface area contributed by atoms with E-state index in [1.807, 2.05) is 13.0 Å². The molecule has 0 saturated carbocycles. The molecular formula is C14H25ClN2O4S. The van der Waals surface area contributed by atoms with E-state index in [1.54, 1.807) is 20.1 Å². The lowest BCUT2D eigenvalue weighted by molar-refractivity contribution is 0.199. The molecule has 0 fully saturated rings.